The number of nitrogens with one attached hydrogen (secondary N) is 1. The molecule has 0 heterocycles. The van der Waals surface area contributed by atoms with Gasteiger partial charge in [0.05, 0.1) is 25.4 Å². The minimum atomic E-state index is -0.666. The van der Waals surface area contributed by atoms with Crippen molar-refractivity contribution < 1.29 is 24.5 Å². The molecule has 0 saturated heterocycles. The number of aliphatic hydroxyl groups excluding tert-OH is 2. The van der Waals surface area contributed by atoms with Gasteiger partial charge in [-0.2, -0.15) is 0 Å². The Morgan fingerprint density at radius 1 is 0.333 bits per heavy atom. The number of amides is 1. The van der Waals surface area contributed by atoms with Gasteiger partial charge in [0, 0.05) is 12.8 Å². The molecule has 494 valence electrons. The number of aliphatic hydroxyl groups is 2. The van der Waals surface area contributed by atoms with Gasteiger partial charge in [0.1, 0.15) is 0 Å². The SMILES string of the molecule is CCCCCC/C=C\C/C=C\CCCCCCCC(=O)OCCCCCCCCCCC/C=C\C/C=C\CCCCCCCCCCCCCCCCCC(=O)NC(CO)C(O)CCCCCCCCCCCCCCCCCCCCCC. The zero-order chi connectivity index (χ0) is 60.6. The number of ether oxygens (including phenoxy) is 1. The van der Waals surface area contributed by atoms with Crippen molar-refractivity contribution in [1.82, 2.24) is 5.32 Å². The molecule has 6 nitrogen and oxygen atoms in total. The summed E-state index contributed by atoms with van der Waals surface area (Å²) in [7, 11) is 0. The van der Waals surface area contributed by atoms with E-state index in [1.54, 1.807) is 0 Å². The number of allylic oxidation sites excluding steroid dienone is 8. The molecule has 0 aliphatic rings. The number of hydrogen-bond acceptors (Lipinski definition) is 5. The van der Waals surface area contributed by atoms with Gasteiger partial charge in [0.15, 0.2) is 0 Å². The maximum absolute atomic E-state index is 12.6. The van der Waals surface area contributed by atoms with Crippen LogP contribution in [0.25, 0.3) is 0 Å². The van der Waals surface area contributed by atoms with Crippen LogP contribution in [0.2, 0.25) is 0 Å². The van der Waals surface area contributed by atoms with Crippen molar-refractivity contribution >= 4 is 11.9 Å². The highest BCUT2D eigenvalue weighted by molar-refractivity contribution is 5.76. The third-order valence-corrected chi connectivity index (χ3v) is 17.6. The summed E-state index contributed by atoms with van der Waals surface area (Å²) in [5, 5.41) is 23.4. The van der Waals surface area contributed by atoms with Gasteiger partial charge >= 0.3 is 5.97 Å². The van der Waals surface area contributed by atoms with Gasteiger partial charge < -0.3 is 20.3 Å². The second-order valence-electron chi connectivity index (χ2n) is 26.0. The molecule has 0 aliphatic heterocycles. The molecule has 0 aromatic carbocycles. The predicted molar refractivity (Wildman–Crippen MR) is 370 cm³/mol. The predicted octanol–water partition coefficient (Wildman–Crippen LogP) is 24.8. The zero-order valence-corrected chi connectivity index (χ0v) is 56.6. The lowest BCUT2D eigenvalue weighted by Gasteiger charge is -2.22. The lowest BCUT2D eigenvalue weighted by molar-refractivity contribution is -0.143. The summed E-state index contributed by atoms with van der Waals surface area (Å²) < 4.78 is 5.49. The molecule has 0 spiro atoms. The molecule has 3 N–H and O–H groups in total. The van der Waals surface area contributed by atoms with Gasteiger partial charge in [-0.1, -0.05) is 358 Å². The van der Waals surface area contributed by atoms with Crippen molar-refractivity contribution in [3.8, 4) is 0 Å². The molecule has 0 radical (unpaired) electrons. The molecular formula is C78H147NO5. The summed E-state index contributed by atoms with van der Waals surface area (Å²) in [5.41, 5.74) is 0. The highest BCUT2D eigenvalue weighted by Gasteiger charge is 2.20. The van der Waals surface area contributed by atoms with Gasteiger partial charge in [0.2, 0.25) is 5.91 Å². The van der Waals surface area contributed by atoms with Crippen molar-refractivity contribution in [2.75, 3.05) is 13.2 Å². The maximum Gasteiger partial charge on any atom is 0.305 e. The molecule has 2 atom stereocenters. The van der Waals surface area contributed by atoms with Gasteiger partial charge in [-0.05, 0) is 89.9 Å². The number of carbonyl (C=O) groups excluding carboxylic acids is 2. The van der Waals surface area contributed by atoms with Crippen molar-refractivity contribution in [3.63, 3.8) is 0 Å². The van der Waals surface area contributed by atoms with Crippen LogP contribution >= 0.6 is 0 Å². The van der Waals surface area contributed by atoms with E-state index in [1.807, 2.05) is 0 Å². The van der Waals surface area contributed by atoms with Crippen molar-refractivity contribution in [3.05, 3.63) is 48.6 Å². The van der Waals surface area contributed by atoms with E-state index in [1.165, 1.54) is 321 Å². The number of rotatable bonds is 71. The molecule has 0 aliphatic carbocycles. The summed E-state index contributed by atoms with van der Waals surface area (Å²) in [4.78, 5) is 24.6. The second kappa shape index (κ2) is 73.3. The lowest BCUT2D eigenvalue weighted by atomic mass is 10.0. The maximum atomic E-state index is 12.6. The highest BCUT2D eigenvalue weighted by atomic mass is 16.5. The van der Waals surface area contributed by atoms with Crippen LogP contribution in [0.15, 0.2) is 48.6 Å². The third kappa shape index (κ3) is 68.9. The molecule has 0 bridgehead atoms. The monoisotopic (exact) mass is 1180 g/mol. The first-order valence-corrected chi connectivity index (χ1v) is 37.9. The lowest BCUT2D eigenvalue weighted by Crippen LogP contribution is -2.45. The average molecular weight is 1180 g/mol. The van der Waals surface area contributed by atoms with Crippen molar-refractivity contribution in [2.45, 2.75) is 424 Å². The van der Waals surface area contributed by atoms with Crippen molar-refractivity contribution in [1.29, 1.82) is 0 Å². The fourth-order valence-corrected chi connectivity index (χ4v) is 11.8. The topological polar surface area (TPSA) is 95.9 Å². The Morgan fingerprint density at radius 2 is 0.595 bits per heavy atom. The van der Waals surface area contributed by atoms with E-state index < -0.39 is 12.1 Å². The molecule has 0 rings (SSSR count). The molecule has 0 fully saturated rings. The quantitative estimate of drug-likeness (QED) is 0.0320. The van der Waals surface area contributed by atoms with Gasteiger partial charge in [0.25, 0.3) is 0 Å². The van der Waals surface area contributed by atoms with Crippen LogP contribution in [0, 0.1) is 0 Å². The Labute approximate surface area is 525 Å². The van der Waals surface area contributed by atoms with Crippen LogP contribution in [0.3, 0.4) is 0 Å². The van der Waals surface area contributed by atoms with E-state index in [0.29, 0.717) is 25.9 Å². The van der Waals surface area contributed by atoms with Crippen LogP contribution in [0.1, 0.15) is 412 Å². The van der Waals surface area contributed by atoms with Crippen LogP contribution in [0.5, 0.6) is 0 Å². The highest BCUT2D eigenvalue weighted by Crippen LogP contribution is 2.19. The summed E-state index contributed by atoms with van der Waals surface area (Å²) in [6.07, 6.45) is 96.1. The van der Waals surface area contributed by atoms with Crippen LogP contribution in [-0.4, -0.2) is 47.4 Å². The normalized spacial score (nSPS) is 12.8. The summed E-state index contributed by atoms with van der Waals surface area (Å²) in [6.45, 7) is 4.96. The van der Waals surface area contributed by atoms with Gasteiger partial charge in [-0.15, -0.1) is 0 Å². The van der Waals surface area contributed by atoms with E-state index in [2.05, 4.69) is 67.8 Å². The number of esters is 1. The zero-order valence-electron chi connectivity index (χ0n) is 56.6. The Morgan fingerprint density at radius 3 is 0.917 bits per heavy atom. The Balaban J connectivity index is 3.40. The number of hydrogen-bond donors (Lipinski definition) is 3. The largest absolute Gasteiger partial charge is 0.466 e. The van der Waals surface area contributed by atoms with Gasteiger partial charge in [-0.3, -0.25) is 9.59 Å². The Bertz CT molecular complexity index is 1400. The van der Waals surface area contributed by atoms with Gasteiger partial charge in [-0.25, -0.2) is 0 Å². The van der Waals surface area contributed by atoms with E-state index in [0.717, 1.165) is 57.8 Å². The van der Waals surface area contributed by atoms with Crippen LogP contribution < -0.4 is 5.32 Å². The molecular weight excluding hydrogens is 1030 g/mol. The number of carbonyl (C=O) groups is 2. The minimum absolute atomic E-state index is 0.0000497. The molecule has 84 heavy (non-hydrogen) atoms. The fourth-order valence-electron chi connectivity index (χ4n) is 11.8. The number of unbranched alkanes of at least 4 members (excludes halogenated alkanes) is 52. The molecule has 0 aromatic heterocycles. The first kappa shape index (κ1) is 81.8. The molecule has 6 heteroatoms. The summed E-state index contributed by atoms with van der Waals surface area (Å²) >= 11 is 0. The standard InChI is InChI=1S/C78H147NO5/c1-3-5-7-9-11-13-15-17-19-21-22-36-39-42-46-50-54-58-62-66-70-76(81)75(74-80)79-77(82)71-67-63-59-55-51-47-43-40-37-34-32-30-28-26-24-23-25-27-29-31-33-35-38-41-45-49-53-57-61-65-69-73-84-78(83)72-68-64-60-56-52-48-44-20-18-16-14-12-10-8-6-4-2/h14,16,20,25,27,31,33,44,75-76,80-81H,3-13,15,17-19,21-24,26,28-30,32,34-43,45-74H2,1-2H3,(H,79,82)/b16-14-,27-25-,33-31-,44-20-. The second-order valence-corrected chi connectivity index (χ2v) is 26.0. The molecule has 2 unspecified atom stereocenters. The first-order valence-electron chi connectivity index (χ1n) is 37.9. The average Bonchev–Trinajstić information content (AvgIpc) is 3.51. The Kier molecular flexibility index (Phi) is 71.4. The molecule has 0 aromatic rings. The molecule has 1 amide bonds. The minimum Gasteiger partial charge on any atom is -0.466 e. The third-order valence-electron chi connectivity index (χ3n) is 17.6. The summed E-state index contributed by atoms with van der Waals surface area (Å²) in [6, 6.07) is -0.543. The fraction of sp³-hybridized carbons (Fsp3) is 0.872. The van der Waals surface area contributed by atoms with Crippen LogP contribution in [0.4, 0.5) is 0 Å². The van der Waals surface area contributed by atoms with Crippen LogP contribution in [-0.2, 0) is 14.3 Å². The van der Waals surface area contributed by atoms with E-state index >= 15 is 0 Å². The van der Waals surface area contributed by atoms with E-state index in [4.69, 9.17) is 4.74 Å². The van der Waals surface area contributed by atoms with E-state index in [-0.39, 0.29) is 18.5 Å². The molecule has 0 saturated carbocycles. The van der Waals surface area contributed by atoms with E-state index in [9.17, 15) is 19.8 Å². The smallest absolute Gasteiger partial charge is 0.305 e. The Hall–Kier alpha value is -2.18. The van der Waals surface area contributed by atoms with Crippen molar-refractivity contribution in [2.24, 2.45) is 0 Å². The summed E-state index contributed by atoms with van der Waals surface area (Å²) in [5.74, 6) is -0.0304. The first-order chi connectivity index (χ1) is 41.5.